The minimum Gasteiger partial charge on any atom is -0.391 e. The first kappa shape index (κ1) is 13.9. The van der Waals surface area contributed by atoms with E-state index in [1.54, 1.807) is 17.8 Å². The van der Waals surface area contributed by atoms with Gasteiger partial charge < -0.3 is 5.11 Å². The molecule has 0 radical (unpaired) electrons. The van der Waals surface area contributed by atoms with Crippen LogP contribution in [0, 0.1) is 0 Å². The minimum atomic E-state index is -0.426. The van der Waals surface area contributed by atoms with Gasteiger partial charge in [-0.1, -0.05) is 54.6 Å². The average Bonchev–Trinajstić information content (AvgIpc) is 2.47. The van der Waals surface area contributed by atoms with Crippen LogP contribution in [0.3, 0.4) is 0 Å². The summed E-state index contributed by atoms with van der Waals surface area (Å²) in [6.45, 7) is 3.71. The van der Waals surface area contributed by atoms with Crippen LogP contribution < -0.4 is 0 Å². The number of thioether (sulfide) groups is 1. The maximum absolute atomic E-state index is 10.3. The Hall–Kier alpha value is -1.51. The van der Waals surface area contributed by atoms with Crippen LogP contribution in [-0.4, -0.2) is 11.2 Å². The van der Waals surface area contributed by atoms with Gasteiger partial charge in [-0.2, -0.15) is 0 Å². The first-order valence-corrected chi connectivity index (χ1v) is 7.25. The fraction of sp³-hybridized carbons (Fsp3) is 0.176. The van der Waals surface area contributed by atoms with E-state index in [2.05, 4.69) is 30.8 Å². The number of hydrogen-bond acceptors (Lipinski definition) is 2. The first-order chi connectivity index (χ1) is 9.31. The van der Waals surface area contributed by atoms with Gasteiger partial charge in [0.25, 0.3) is 0 Å². The average molecular weight is 270 g/mol. The fourth-order valence-corrected chi connectivity index (χ4v) is 3.12. The van der Waals surface area contributed by atoms with Crippen molar-refractivity contribution in [3.05, 3.63) is 78.9 Å². The summed E-state index contributed by atoms with van der Waals surface area (Å²) in [5.41, 5.74) is 1.14. The molecule has 0 aliphatic rings. The third-order valence-corrected chi connectivity index (χ3v) is 4.28. The third-order valence-electron chi connectivity index (χ3n) is 2.89. The molecule has 1 nitrogen and oxygen atoms in total. The van der Waals surface area contributed by atoms with Gasteiger partial charge in [0, 0.05) is 4.90 Å². The number of rotatable bonds is 6. The lowest BCUT2D eigenvalue weighted by molar-refractivity contribution is 0.175. The van der Waals surface area contributed by atoms with Gasteiger partial charge >= 0.3 is 0 Å². The predicted octanol–water partition coefficient (Wildman–Crippen LogP) is 4.46. The lowest BCUT2D eigenvalue weighted by Gasteiger charge is -2.22. The normalized spacial score (nSPS) is 13.7. The van der Waals surface area contributed by atoms with E-state index in [1.807, 2.05) is 36.4 Å². The number of aliphatic hydroxyl groups excluding tert-OH is 1. The van der Waals surface area contributed by atoms with Gasteiger partial charge in [0.05, 0.1) is 11.4 Å². The van der Waals surface area contributed by atoms with Gasteiger partial charge in [-0.15, -0.1) is 18.3 Å². The van der Waals surface area contributed by atoms with Gasteiger partial charge in [0.2, 0.25) is 0 Å². The second kappa shape index (κ2) is 7.17. The smallest absolute Gasteiger partial charge is 0.0737 e. The zero-order valence-electron chi connectivity index (χ0n) is 10.8. The van der Waals surface area contributed by atoms with Crippen LogP contribution >= 0.6 is 11.8 Å². The predicted molar refractivity (Wildman–Crippen MR) is 82.3 cm³/mol. The molecule has 0 unspecified atom stereocenters. The van der Waals surface area contributed by atoms with E-state index < -0.39 is 6.10 Å². The van der Waals surface area contributed by atoms with Crippen LogP contribution in [0.4, 0.5) is 0 Å². The van der Waals surface area contributed by atoms with E-state index in [0.717, 1.165) is 5.56 Å². The highest BCUT2D eigenvalue weighted by Gasteiger charge is 2.21. The van der Waals surface area contributed by atoms with E-state index >= 15 is 0 Å². The Labute approximate surface area is 119 Å². The molecular formula is C17H18OS. The first-order valence-electron chi connectivity index (χ1n) is 6.37. The molecule has 0 fully saturated rings. The molecule has 1 N–H and O–H groups in total. The van der Waals surface area contributed by atoms with Crippen LogP contribution in [-0.2, 0) is 0 Å². The molecule has 0 bridgehead atoms. The largest absolute Gasteiger partial charge is 0.391 e. The zero-order chi connectivity index (χ0) is 13.5. The molecule has 0 aliphatic carbocycles. The van der Waals surface area contributed by atoms with Gasteiger partial charge in [0.15, 0.2) is 0 Å². The van der Waals surface area contributed by atoms with Crippen molar-refractivity contribution in [3.8, 4) is 0 Å². The quantitative estimate of drug-likeness (QED) is 0.618. The van der Waals surface area contributed by atoms with Crippen LogP contribution in [0.5, 0.6) is 0 Å². The Balaban J connectivity index is 2.22. The summed E-state index contributed by atoms with van der Waals surface area (Å²) in [5.74, 6) is 0. The molecule has 0 spiro atoms. The van der Waals surface area contributed by atoms with Crippen molar-refractivity contribution in [2.75, 3.05) is 0 Å². The van der Waals surface area contributed by atoms with Gasteiger partial charge in [-0.05, 0) is 24.1 Å². The molecular weight excluding hydrogens is 252 g/mol. The highest BCUT2D eigenvalue weighted by atomic mass is 32.2. The topological polar surface area (TPSA) is 20.2 Å². The lowest BCUT2D eigenvalue weighted by Crippen LogP contribution is -2.14. The molecule has 2 heteroatoms. The van der Waals surface area contributed by atoms with Crippen LogP contribution in [0.25, 0.3) is 0 Å². The van der Waals surface area contributed by atoms with Crippen molar-refractivity contribution < 1.29 is 5.11 Å². The number of benzene rings is 2. The maximum Gasteiger partial charge on any atom is 0.0737 e. The molecule has 0 amide bonds. The molecule has 0 aliphatic heterocycles. The summed E-state index contributed by atoms with van der Waals surface area (Å²) in [6.07, 6.45) is 1.94. The Morgan fingerprint density at radius 1 is 1.00 bits per heavy atom. The fourth-order valence-electron chi connectivity index (χ4n) is 1.95. The van der Waals surface area contributed by atoms with E-state index in [9.17, 15) is 5.11 Å². The van der Waals surface area contributed by atoms with Crippen molar-refractivity contribution in [1.29, 1.82) is 0 Å². The maximum atomic E-state index is 10.3. The SMILES string of the molecule is C=CC[C@@H](O)[C@@H](Sc1ccccc1)c1ccccc1. The second-order valence-corrected chi connectivity index (χ2v) is 5.57. The number of aliphatic hydroxyl groups is 1. The second-order valence-electron chi connectivity index (χ2n) is 4.35. The highest BCUT2D eigenvalue weighted by Crippen LogP contribution is 2.38. The van der Waals surface area contributed by atoms with E-state index in [1.165, 1.54) is 4.90 Å². The molecule has 0 saturated carbocycles. The summed E-state index contributed by atoms with van der Waals surface area (Å²) in [5, 5.41) is 10.4. The van der Waals surface area contributed by atoms with Crippen molar-refractivity contribution in [1.82, 2.24) is 0 Å². The van der Waals surface area contributed by atoms with E-state index in [-0.39, 0.29) is 5.25 Å². The molecule has 98 valence electrons. The van der Waals surface area contributed by atoms with Gasteiger partial charge in [0.1, 0.15) is 0 Å². The molecule has 2 rings (SSSR count). The molecule has 19 heavy (non-hydrogen) atoms. The summed E-state index contributed by atoms with van der Waals surface area (Å²) in [6, 6.07) is 20.3. The Morgan fingerprint density at radius 3 is 2.16 bits per heavy atom. The van der Waals surface area contributed by atoms with E-state index in [4.69, 9.17) is 0 Å². The monoisotopic (exact) mass is 270 g/mol. The molecule has 0 saturated heterocycles. The van der Waals surface area contributed by atoms with Gasteiger partial charge in [-0.3, -0.25) is 0 Å². The molecule has 2 atom stereocenters. The van der Waals surface area contributed by atoms with Crippen LogP contribution in [0.15, 0.2) is 78.2 Å². The van der Waals surface area contributed by atoms with Crippen molar-refractivity contribution in [2.24, 2.45) is 0 Å². The van der Waals surface area contributed by atoms with Crippen LogP contribution in [0.2, 0.25) is 0 Å². The van der Waals surface area contributed by atoms with Gasteiger partial charge in [-0.25, -0.2) is 0 Å². The molecule has 2 aromatic rings. The van der Waals surface area contributed by atoms with Crippen molar-refractivity contribution in [2.45, 2.75) is 22.7 Å². The lowest BCUT2D eigenvalue weighted by atomic mass is 10.1. The summed E-state index contributed by atoms with van der Waals surface area (Å²) >= 11 is 1.69. The summed E-state index contributed by atoms with van der Waals surface area (Å²) in [4.78, 5) is 1.17. The van der Waals surface area contributed by atoms with Crippen molar-refractivity contribution in [3.63, 3.8) is 0 Å². The Bertz CT molecular complexity index is 495. The summed E-state index contributed by atoms with van der Waals surface area (Å²) < 4.78 is 0. The Morgan fingerprint density at radius 2 is 1.58 bits per heavy atom. The Kier molecular flexibility index (Phi) is 5.25. The highest BCUT2D eigenvalue weighted by molar-refractivity contribution is 7.99. The standard InChI is InChI=1S/C17H18OS/c1-2-9-16(18)17(14-10-5-3-6-11-14)19-15-12-7-4-8-13-15/h2-8,10-13,16-18H,1,9H2/t16-,17+/m1/s1. The third kappa shape index (κ3) is 3.98. The van der Waals surface area contributed by atoms with E-state index in [0.29, 0.717) is 6.42 Å². The zero-order valence-corrected chi connectivity index (χ0v) is 11.6. The van der Waals surface area contributed by atoms with Crippen molar-refractivity contribution >= 4 is 11.8 Å². The molecule has 0 heterocycles. The number of hydrogen-bond donors (Lipinski definition) is 1. The molecule has 0 aromatic heterocycles. The summed E-state index contributed by atoms with van der Waals surface area (Å²) in [7, 11) is 0. The van der Waals surface area contributed by atoms with Crippen LogP contribution in [0.1, 0.15) is 17.2 Å². The molecule has 2 aromatic carbocycles. The minimum absolute atomic E-state index is 0.0293.